The topological polar surface area (TPSA) is 84.1 Å². The van der Waals surface area contributed by atoms with Crippen LogP contribution in [0.15, 0.2) is 41.8 Å². The number of benzene rings is 1. The Morgan fingerprint density at radius 1 is 1.35 bits per heavy atom. The summed E-state index contributed by atoms with van der Waals surface area (Å²) in [5.74, 6) is 0.764. The third kappa shape index (κ3) is 3.37. The van der Waals surface area contributed by atoms with Gasteiger partial charge in [0.2, 0.25) is 0 Å². The lowest BCUT2D eigenvalue weighted by molar-refractivity contribution is 0.340. The van der Waals surface area contributed by atoms with Crippen LogP contribution in [0.2, 0.25) is 0 Å². The highest BCUT2D eigenvalue weighted by molar-refractivity contribution is 7.89. The van der Waals surface area contributed by atoms with Crippen LogP contribution < -0.4 is 9.46 Å². The molecular weight excluding hydrogens is 278 g/mol. The Kier molecular flexibility index (Phi) is 4.41. The average molecular weight is 295 g/mol. The fourth-order valence-electron chi connectivity index (χ4n) is 1.77. The van der Waals surface area contributed by atoms with E-state index in [2.05, 4.69) is 14.7 Å². The fraction of sp³-hybridized carbons (Fsp3) is 0.308. The van der Waals surface area contributed by atoms with Gasteiger partial charge < -0.3 is 9.72 Å². The van der Waals surface area contributed by atoms with E-state index in [1.807, 2.05) is 31.2 Å². The normalized spacial score (nSPS) is 13.1. The third-order valence-electron chi connectivity index (χ3n) is 2.79. The van der Waals surface area contributed by atoms with E-state index in [0.717, 1.165) is 11.3 Å². The molecule has 0 saturated heterocycles. The molecule has 0 amide bonds. The molecule has 108 valence electrons. The highest BCUT2D eigenvalue weighted by atomic mass is 32.2. The number of sulfonamides is 1. The number of rotatable bonds is 6. The molecule has 7 heteroatoms. The molecule has 0 aliphatic carbocycles. The van der Waals surface area contributed by atoms with Gasteiger partial charge in [-0.1, -0.05) is 12.1 Å². The van der Waals surface area contributed by atoms with Crippen molar-refractivity contribution in [1.29, 1.82) is 0 Å². The monoisotopic (exact) mass is 295 g/mol. The molecule has 0 aliphatic rings. The Bertz CT molecular complexity index is 636. The van der Waals surface area contributed by atoms with Crippen molar-refractivity contribution in [2.75, 3.05) is 6.61 Å². The molecule has 2 N–H and O–H groups in total. The Balaban J connectivity index is 2.10. The van der Waals surface area contributed by atoms with Crippen molar-refractivity contribution in [3.63, 3.8) is 0 Å². The van der Waals surface area contributed by atoms with Gasteiger partial charge in [-0.25, -0.2) is 18.1 Å². The van der Waals surface area contributed by atoms with Gasteiger partial charge in [0.05, 0.1) is 19.1 Å². The lowest BCUT2D eigenvalue weighted by atomic mass is 10.1. The van der Waals surface area contributed by atoms with Crippen molar-refractivity contribution in [1.82, 2.24) is 14.7 Å². The Morgan fingerprint density at radius 2 is 2.05 bits per heavy atom. The van der Waals surface area contributed by atoms with Crippen molar-refractivity contribution in [2.24, 2.45) is 0 Å². The first-order chi connectivity index (χ1) is 9.53. The van der Waals surface area contributed by atoms with Crippen LogP contribution in [0.3, 0.4) is 0 Å². The minimum absolute atomic E-state index is 0.0512. The van der Waals surface area contributed by atoms with Crippen molar-refractivity contribution in [3.8, 4) is 5.75 Å². The first-order valence-corrected chi connectivity index (χ1v) is 7.74. The van der Waals surface area contributed by atoms with Crippen molar-refractivity contribution >= 4 is 10.0 Å². The number of aromatic nitrogens is 2. The van der Waals surface area contributed by atoms with Gasteiger partial charge in [0.25, 0.3) is 10.0 Å². The quantitative estimate of drug-likeness (QED) is 0.851. The maximum absolute atomic E-state index is 12.0. The lowest BCUT2D eigenvalue weighted by Crippen LogP contribution is -2.27. The number of imidazole rings is 1. The number of ether oxygens (including phenoxy) is 1. The van der Waals surface area contributed by atoms with E-state index in [4.69, 9.17) is 4.74 Å². The van der Waals surface area contributed by atoms with Gasteiger partial charge in [-0.3, -0.25) is 0 Å². The smallest absolute Gasteiger partial charge is 0.258 e. The van der Waals surface area contributed by atoms with Crippen LogP contribution >= 0.6 is 0 Å². The number of hydrogen-bond donors (Lipinski definition) is 2. The molecule has 2 rings (SSSR count). The molecule has 6 nitrogen and oxygen atoms in total. The fourth-order valence-corrected chi connectivity index (χ4v) is 2.91. The molecule has 0 radical (unpaired) electrons. The van der Waals surface area contributed by atoms with Gasteiger partial charge in [0.1, 0.15) is 5.75 Å². The standard InChI is InChI=1S/C13H17N3O3S/c1-3-19-12-6-4-11(5-7-12)10(2)16-20(17,18)13-8-14-9-15-13/h4-10,16H,3H2,1-2H3,(H,14,15). The van der Waals surface area contributed by atoms with E-state index in [9.17, 15) is 8.42 Å². The van der Waals surface area contributed by atoms with Crippen LogP contribution in [0.5, 0.6) is 5.75 Å². The summed E-state index contributed by atoms with van der Waals surface area (Å²) in [7, 11) is -3.58. The molecule has 0 saturated carbocycles. The molecule has 1 aromatic carbocycles. The summed E-state index contributed by atoms with van der Waals surface area (Å²) in [5.41, 5.74) is 0.858. The molecule has 0 spiro atoms. The number of nitrogens with one attached hydrogen (secondary N) is 2. The van der Waals surface area contributed by atoms with E-state index in [-0.39, 0.29) is 11.1 Å². The second-order valence-corrected chi connectivity index (χ2v) is 5.94. The van der Waals surface area contributed by atoms with Gasteiger partial charge in [-0.2, -0.15) is 0 Å². The Hall–Kier alpha value is -1.86. The number of H-pyrrole nitrogens is 1. The zero-order chi connectivity index (χ0) is 14.6. The lowest BCUT2D eigenvalue weighted by Gasteiger charge is -2.14. The second-order valence-electron chi connectivity index (χ2n) is 4.26. The highest BCUT2D eigenvalue weighted by Crippen LogP contribution is 2.19. The Labute approximate surface area is 118 Å². The minimum atomic E-state index is -3.58. The highest BCUT2D eigenvalue weighted by Gasteiger charge is 2.19. The summed E-state index contributed by atoms with van der Waals surface area (Å²) in [6.45, 7) is 4.29. The van der Waals surface area contributed by atoms with Gasteiger partial charge in [0.15, 0.2) is 5.03 Å². The van der Waals surface area contributed by atoms with Crippen LogP contribution in [0, 0.1) is 0 Å². The molecule has 0 bridgehead atoms. The maximum Gasteiger partial charge on any atom is 0.258 e. The number of nitrogens with zero attached hydrogens (tertiary/aromatic N) is 1. The van der Waals surface area contributed by atoms with E-state index in [1.54, 1.807) is 6.92 Å². The zero-order valence-electron chi connectivity index (χ0n) is 11.3. The van der Waals surface area contributed by atoms with Gasteiger partial charge >= 0.3 is 0 Å². The molecule has 0 fully saturated rings. The number of hydrogen-bond acceptors (Lipinski definition) is 4. The summed E-state index contributed by atoms with van der Waals surface area (Å²) in [6.07, 6.45) is 2.60. The summed E-state index contributed by atoms with van der Waals surface area (Å²) in [4.78, 5) is 6.29. The maximum atomic E-state index is 12.0. The van der Waals surface area contributed by atoms with Crippen LogP contribution in [-0.4, -0.2) is 25.0 Å². The molecule has 2 aromatic rings. The van der Waals surface area contributed by atoms with Gasteiger partial charge in [0, 0.05) is 6.04 Å². The third-order valence-corrected chi connectivity index (χ3v) is 4.25. The minimum Gasteiger partial charge on any atom is -0.494 e. The SMILES string of the molecule is CCOc1ccc(C(C)NS(=O)(=O)c2cnc[nH]2)cc1. The van der Waals surface area contributed by atoms with Crippen LogP contribution in [-0.2, 0) is 10.0 Å². The van der Waals surface area contributed by atoms with Gasteiger partial charge in [-0.05, 0) is 31.5 Å². The molecule has 1 heterocycles. The second kappa shape index (κ2) is 6.06. The Morgan fingerprint density at radius 3 is 2.60 bits per heavy atom. The summed E-state index contributed by atoms with van der Waals surface area (Å²) in [5, 5.41) is 0.0512. The van der Waals surface area contributed by atoms with Crippen LogP contribution in [0.4, 0.5) is 0 Å². The molecule has 1 aromatic heterocycles. The molecular formula is C13H17N3O3S. The average Bonchev–Trinajstić information content (AvgIpc) is 2.94. The van der Waals surface area contributed by atoms with E-state index >= 15 is 0 Å². The predicted molar refractivity (Wildman–Crippen MR) is 74.9 cm³/mol. The van der Waals surface area contributed by atoms with Crippen molar-refractivity contribution in [3.05, 3.63) is 42.4 Å². The van der Waals surface area contributed by atoms with Crippen LogP contribution in [0.25, 0.3) is 0 Å². The number of aromatic amines is 1. The predicted octanol–water partition coefficient (Wildman–Crippen LogP) is 1.85. The molecule has 20 heavy (non-hydrogen) atoms. The summed E-state index contributed by atoms with van der Waals surface area (Å²) >= 11 is 0. The molecule has 1 atom stereocenters. The van der Waals surface area contributed by atoms with E-state index < -0.39 is 10.0 Å². The van der Waals surface area contributed by atoms with E-state index in [1.165, 1.54) is 12.5 Å². The first kappa shape index (κ1) is 14.5. The van der Waals surface area contributed by atoms with Gasteiger partial charge in [-0.15, -0.1) is 0 Å². The molecule has 0 aliphatic heterocycles. The zero-order valence-corrected chi connectivity index (χ0v) is 12.1. The molecule has 1 unspecified atom stereocenters. The first-order valence-electron chi connectivity index (χ1n) is 6.26. The van der Waals surface area contributed by atoms with Crippen LogP contribution in [0.1, 0.15) is 25.5 Å². The summed E-state index contributed by atoms with van der Waals surface area (Å²) < 4.78 is 32.0. The largest absolute Gasteiger partial charge is 0.494 e. The van der Waals surface area contributed by atoms with Crippen molar-refractivity contribution < 1.29 is 13.2 Å². The van der Waals surface area contributed by atoms with Crippen molar-refractivity contribution in [2.45, 2.75) is 24.9 Å². The van der Waals surface area contributed by atoms with E-state index in [0.29, 0.717) is 6.61 Å². The summed E-state index contributed by atoms with van der Waals surface area (Å²) in [6, 6.07) is 6.97.